The van der Waals surface area contributed by atoms with Gasteiger partial charge in [-0.3, -0.25) is 28.0 Å². The lowest BCUT2D eigenvalue weighted by Gasteiger charge is -2.35. The van der Waals surface area contributed by atoms with Gasteiger partial charge in [0.05, 0.1) is 54.7 Å². The standard InChI is InChI=1S/C60H96N3O10P/c1-13-16-19-22-25-37-55(64)61-58(49-31-28-34-52(40-49)68-43(4)5)46(10)71-74(67,72-47(11)59(62-56(65)38-26-23-20-17-14-2)50-32-29-35-53(41-50)69-44(6)7)73-48(12)60(63-57(66)39-27-24-21-18-15-3)51-33-30-36-54(42-51)70-45(8)9/h28-36,40-48,58-60H,13-27,37-39H2,1-12H3,(H,61,64)(H,62,65)(H,63,66). The topological polar surface area (TPSA) is 160 Å². The van der Waals surface area contributed by atoms with Gasteiger partial charge < -0.3 is 30.2 Å². The van der Waals surface area contributed by atoms with Gasteiger partial charge in [-0.15, -0.1) is 0 Å². The van der Waals surface area contributed by atoms with Crippen LogP contribution in [0.25, 0.3) is 0 Å². The highest BCUT2D eigenvalue weighted by Gasteiger charge is 2.41. The zero-order valence-electron chi connectivity index (χ0n) is 47.4. The Morgan fingerprint density at radius 2 is 0.662 bits per heavy atom. The summed E-state index contributed by atoms with van der Waals surface area (Å²) in [6, 6.07) is 19.8. The van der Waals surface area contributed by atoms with E-state index < -0.39 is 44.3 Å². The van der Waals surface area contributed by atoms with Crippen LogP contribution in [0.2, 0.25) is 0 Å². The van der Waals surface area contributed by atoms with Crippen LogP contribution in [0.1, 0.15) is 233 Å². The smallest absolute Gasteiger partial charge is 0.475 e. The van der Waals surface area contributed by atoms with Gasteiger partial charge in [0, 0.05) is 19.3 Å². The van der Waals surface area contributed by atoms with Crippen LogP contribution in [0.5, 0.6) is 17.2 Å². The van der Waals surface area contributed by atoms with Crippen LogP contribution in [-0.2, 0) is 32.5 Å². The molecular weight excluding hydrogens is 954 g/mol. The van der Waals surface area contributed by atoms with Gasteiger partial charge in [-0.25, -0.2) is 4.57 Å². The van der Waals surface area contributed by atoms with Crippen molar-refractivity contribution in [2.24, 2.45) is 0 Å². The number of rotatable bonds is 39. The Labute approximate surface area is 446 Å². The molecule has 6 atom stereocenters. The first-order valence-corrected chi connectivity index (χ1v) is 29.7. The highest BCUT2D eigenvalue weighted by atomic mass is 31.2. The van der Waals surface area contributed by atoms with Gasteiger partial charge in [-0.1, -0.05) is 134 Å². The number of hydrogen-bond donors (Lipinski definition) is 3. The quantitative estimate of drug-likeness (QED) is 0.0371. The van der Waals surface area contributed by atoms with E-state index in [0.29, 0.717) is 72.5 Å². The number of phosphoric ester groups is 1. The molecule has 0 spiro atoms. The van der Waals surface area contributed by atoms with E-state index in [9.17, 15) is 14.4 Å². The van der Waals surface area contributed by atoms with E-state index in [1.54, 1.807) is 20.8 Å². The van der Waals surface area contributed by atoms with Crippen molar-refractivity contribution in [2.75, 3.05) is 0 Å². The molecule has 0 fully saturated rings. The second kappa shape index (κ2) is 35.0. The number of hydrogen-bond acceptors (Lipinski definition) is 10. The average Bonchev–Trinajstić information content (AvgIpc) is 3.33. The molecule has 6 unspecified atom stereocenters. The fourth-order valence-electron chi connectivity index (χ4n) is 8.85. The van der Waals surface area contributed by atoms with Crippen LogP contribution >= 0.6 is 7.82 Å². The Kier molecular flexibility index (Phi) is 30.2. The van der Waals surface area contributed by atoms with Crippen LogP contribution in [0.15, 0.2) is 72.8 Å². The lowest BCUT2D eigenvalue weighted by Crippen LogP contribution is -2.39. The molecule has 13 nitrogen and oxygen atoms in total. The van der Waals surface area contributed by atoms with Gasteiger partial charge in [0.15, 0.2) is 0 Å². The van der Waals surface area contributed by atoms with Crippen molar-refractivity contribution in [3.8, 4) is 17.2 Å². The Morgan fingerprint density at radius 1 is 0.405 bits per heavy atom. The van der Waals surface area contributed by atoms with Gasteiger partial charge in [-0.05, 0) is 135 Å². The molecule has 3 aromatic carbocycles. The van der Waals surface area contributed by atoms with Crippen LogP contribution in [-0.4, -0.2) is 54.3 Å². The van der Waals surface area contributed by atoms with Gasteiger partial charge in [0.2, 0.25) is 17.7 Å². The fourth-order valence-corrected chi connectivity index (χ4v) is 10.6. The van der Waals surface area contributed by atoms with Crippen LogP contribution in [0, 0.1) is 0 Å². The summed E-state index contributed by atoms with van der Waals surface area (Å²) in [5, 5.41) is 9.59. The maximum absolute atomic E-state index is 16.1. The summed E-state index contributed by atoms with van der Waals surface area (Å²) in [5.41, 5.74) is 2.00. The molecule has 3 amide bonds. The number of phosphoric acid groups is 1. The summed E-state index contributed by atoms with van der Waals surface area (Å²) in [7, 11) is -4.79. The number of ether oxygens (including phenoxy) is 3. The third-order valence-electron chi connectivity index (χ3n) is 12.5. The number of carbonyl (C=O) groups is 3. The molecule has 3 aromatic rings. The highest BCUT2D eigenvalue weighted by molar-refractivity contribution is 7.48. The van der Waals surface area contributed by atoms with E-state index >= 15 is 4.57 Å². The molecule has 0 bridgehead atoms. The van der Waals surface area contributed by atoms with E-state index in [1.807, 2.05) is 114 Å². The molecule has 0 saturated carbocycles. The SMILES string of the molecule is CCCCCCCC(=O)NC(c1cccc(OC(C)C)c1)C(C)OP(=O)(OC(C)C(NC(=O)CCCCCCC)c1cccc(OC(C)C)c1)OC(C)C(NC(=O)CCCCCCC)c1cccc(OC(C)C)c1. The monoisotopic (exact) mass is 1050 g/mol. The molecule has 0 aliphatic rings. The molecule has 0 heterocycles. The minimum atomic E-state index is -4.79. The third-order valence-corrected chi connectivity index (χ3v) is 14.3. The van der Waals surface area contributed by atoms with Gasteiger partial charge in [-0.2, -0.15) is 0 Å². The lowest BCUT2D eigenvalue weighted by atomic mass is 10.0. The second-order valence-corrected chi connectivity index (χ2v) is 22.3. The Hall–Kier alpha value is -4.42. The highest BCUT2D eigenvalue weighted by Crippen LogP contribution is 2.56. The molecule has 14 heteroatoms. The summed E-state index contributed by atoms with van der Waals surface area (Å²) in [6.07, 6.45) is 12.1. The molecule has 0 aliphatic carbocycles. The molecule has 3 N–H and O–H groups in total. The predicted octanol–water partition coefficient (Wildman–Crippen LogP) is 15.3. The molecule has 416 valence electrons. The van der Waals surface area contributed by atoms with Crippen molar-refractivity contribution in [1.29, 1.82) is 0 Å². The summed E-state index contributed by atoms with van der Waals surface area (Å²) in [6.45, 7) is 23.3. The summed E-state index contributed by atoms with van der Waals surface area (Å²) < 4.78 is 54.5. The van der Waals surface area contributed by atoms with Gasteiger partial charge >= 0.3 is 7.82 Å². The van der Waals surface area contributed by atoms with E-state index in [0.717, 1.165) is 77.0 Å². The minimum absolute atomic E-state index is 0.112. The fraction of sp³-hybridized carbons (Fsp3) is 0.650. The molecular formula is C60H96N3O10P. The first-order chi connectivity index (χ1) is 35.4. The third kappa shape index (κ3) is 24.9. The Balaban J connectivity index is 2.19. The Morgan fingerprint density at radius 3 is 0.905 bits per heavy atom. The molecule has 0 saturated heterocycles. The average molecular weight is 1050 g/mol. The van der Waals surface area contributed by atoms with E-state index in [-0.39, 0.29) is 36.0 Å². The van der Waals surface area contributed by atoms with Crippen molar-refractivity contribution >= 4 is 25.5 Å². The number of amides is 3. The summed E-state index contributed by atoms with van der Waals surface area (Å²) >= 11 is 0. The van der Waals surface area contributed by atoms with Gasteiger partial charge in [0.1, 0.15) is 17.2 Å². The predicted molar refractivity (Wildman–Crippen MR) is 299 cm³/mol. The summed E-state index contributed by atoms with van der Waals surface area (Å²) in [5.74, 6) is 1.25. The molecule has 0 aromatic heterocycles. The van der Waals surface area contributed by atoms with Crippen molar-refractivity contribution in [1.82, 2.24) is 16.0 Å². The summed E-state index contributed by atoms with van der Waals surface area (Å²) in [4.78, 5) is 41.6. The minimum Gasteiger partial charge on any atom is -0.491 e. The number of benzene rings is 3. The van der Waals surface area contributed by atoms with E-state index in [2.05, 4.69) is 36.7 Å². The number of nitrogens with one attached hydrogen (secondary N) is 3. The van der Waals surface area contributed by atoms with Gasteiger partial charge in [0.25, 0.3) is 0 Å². The molecule has 3 rings (SSSR count). The lowest BCUT2D eigenvalue weighted by molar-refractivity contribution is -0.123. The van der Waals surface area contributed by atoms with Crippen LogP contribution < -0.4 is 30.2 Å². The normalized spacial score (nSPS) is 14.9. The van der Waals surface area contributed by atoms with Crippen LogP contribution in [0.4, 0.5) is 0 Å². The zero-order valence-corrected chi connectivity index (χ0v) is 48.3. The first-order valence-electron chi connectivity index (χ1n) is 28.2. The van der Waals surface area contributed by atoms with Crippen molar-refractivity contribution in [2.45, 2.75) is 253 Å². The zero-order chi connectivity index (χ0) is 54.5. The first kappa shape index (κ1) is 63.9. The Bertz CT molecular complexity index is 1880. The second-order valence-electron chi connectivity index (χ2n) is 20.7. The van der Waals surface area contributed by atoms with Crippen molar-refractivity contribution in [3.63, 3.8) is 0 Å². The molecule has 0 aliphatic heterocycles. The largest absolute Gasteiger partial charge is 0.491 e. The molecule has 0 radical (unpaired) electrons. The number of unbranched alkanes of at least 4 members (excludes halogenated alkanes) is 12. The van der Waals surface area contributed by atoms with Crippen molar-refractivity contribution < 1.29 is 46.7 Å². The molecule has 74 heavy (non-hydrogen) atoms. The van der Waals surface area contributed by atoms with Crippen molar-refractivity contribution in [3.05, 3.63) is 89.5 Å². The maximum atomic E-state index is 16.1. The van der Waals surface area contributed by atoms with Crippen LogP contribution in [0.3, 0.4) is 0 Å². The van der Waals surface area contributed by atoms with E-state index in [4.69, 9.17) is 27.8 Å². The maximum Gasteiger partial charge on any atom is 0.475 e. The van der Waals surface area contributed by atoms with E-state index in [1.165, 1.54) is 0 Å². The number of carbonyl (C=O) groups excluding carboxylic acids is 3.